The molecule has 0 aliphatic carbocycles. The van der Waals surface area contributed by atoms with Crippen LogP contribution in [-0.2, 0) is 0 Å². The van der Waals surface area contributed by atoms with E-state index in [4.69, 9.17) is 9.84 Å². The topological polar surface area (TPSA) is 122 Å². The van der Waals surface area contributed by atoms with E-state index < -0.39 is 6.09 Å². The lowest BCUT2D eigenvalue weighted by molar-refractivity contribution is 0.0992. The maximum Gasteiger partial charge on any atom is 0.410 e. The van der Waals surface area contributed by atoms with Crippen LogP contribution in [0.3, 0.4) is 0 Å². The molecule has 0 atom stereocenters. The van der Waals surface area contributed by atoms with Crippen LogP contribution in [0.4, 0.5) is 16.3 Å². The van der Waals surface area contributed by atoms with E-state index in [-0.39, 0.29) is 11.7 Å². The van der Waals surface area contributed by atoms with Gasteiger partial charge >= 0.3 is 6.09 Å². The summed E-state index contributed by atoms with van der Waals surface area (Å²) in [6.45, 7) is 0. The number of nitrogens with one attached hydrogen (secondary N) is 1. The zero-order valence-corrected chi connectivity index (χ0v) is 16.7. The summed E-state index contributed by atoms with van der Waals surface area (Å²) < 4.78 is 6.84. The van der Waals surface area contributed by atoms with E-state index in [9.17, 15) is 9.59 Å². The fraction of sp³-hybridized carbons (Fsp3) is 0.0952. The van der Waals surface area contributed by atoms with Gasteiger partial charge in [0.1, 0.15) is 11.5 Å². The molecule has 0 spiro atoms. The first-order valence-corrected chi connectivity index (χ1v) is 9.18. The van der Waals surface area contributed by atoms with Gasteiger partial charge in [0.2, 0.25) is 5.88 Å². The summed E-state index contributed by atoms with van der Waals surface area (Å²) in [6, 6.07) is 10.2. The van der Waals surface area contributed by atoms with Gasteiger partial charge in [-0.15, -0.1) is 0 Å². The van der Waals surface area contributed by atoms with Crippen LogP contribution in [0.15, 0.2) is 61.2 Å². The van der Waals surface area contributed by atoms with Crippen LogP contribution < -0.4 is 15.0 Å². The summed E-state index contributed by atoms with van der Waals surface area (Å²) in [5.74, 6) is 0.468. The Morgan fingerprint density at radius 3 is 2.52 bits per heavy atom. The van der Waals surface area contributed by atoms with Crippen molar-refractivity contribution in [2.45, 2.75) is 0 Å². The molecule has 10 nitrogen and oxygen atoms in total. The number of imidazole rings is 1. The van der Waals surface area contributed by atoms with E-state index in [1.807, 2.05) is 0 Å². The quantitative estimate of drug-likeness (QED) is 0.510. The lowest BCUT2D eigenvalue weighted by atomic mass is 10.2. The van der Waals surface area contributed by atoms with E-state index in [1.54, 1.807) is 72.6 Å². The van der Waals surface area contributed by atoms with Crippen molar-refractivity contribution in [2.24, 2.45) is 0 Å². The Morgan fingerprint density at radius 1 is 1.03 bits per heavy atom. The van der Waals surface area contributed by atoms with E-state index in [0.717, 1.165) is 5.56 Å². The SMILES string of the molecule is COc1ccc(N(C)C(=O)c2ccc3ncc(-c4ccc(NC(=O)O)nc4)n3c2)cn1. The van der Waals surface area contributed by atoms with E-state index in [1.165, 1.54) is 12.0 Å². The Hall–Kier alpha value is -4.47. The molecule has 0 aliphatic rings. The molecule has 0 bridgehead atoms. The first-order valence-electron chi connectivity index (χ1n) is 9.18. The molecule has 2 amide bonds. The molecule has 0 unspecified atom stereocenters. The summed E-state index contributed by atoms with van der Waals surface area (Å²) in [5.41, 5.74) is 3.19. The van der Waals surface area contributed by atoms with Crippen molar-refractivity contribution in [1.29, 1.82) is 0 Å². The molecule has 4 heterocycles. The maximum absolute atomic E-state index is 13.0. The molecule has 4 rings (SSSR count). The van der Waals surface area contributed by atoms with E-state index in [2.05, 4.69) is 20.3 Å². The number of carboxylic acid groups (broad SMARTS) is 1. The number of pyridine rings is 3. The van der Waals surface area contributed by atoms with Crippen LogP contribution in [0.25, 0.3) is 16.9 Å². The summed E-state index contributed by atoms with van der Waals surface area (Å²) >= 11 is 0. The fourth-order valence-corrected chi connectivity index (χ4v) is 3.05. The van der Waals surface area contributed by atoms with E-state index in [0.29, 0.717) is 28.5 Å². The summed E-state index contributed by atoms with van der Waals surface area (Å²) in [7, 11) is 3.20. The second kappa shape index (κ2) is 8.11. The predicted molar refractivity (Wildman–Crippen MR) is 114 cm³/mol. The Morgan fingerprint density at radius 2 is 1.87 bits per heavy atom. The van der Waals surface area contributed by atoms with Crippen LogP contribution in [0, 0.1) is 0 Å². The van der Waals surface area contributed by atoms with Gasteiger partial charge in [-0.25, -0.2) is 19.7 Å². The number of aromatic nitrogens is 4. The highest BCUT2D eigenvalue weighted by Crippen LogP contribution is 2.23. The highest BCUT2D eigenvalue weighted by molar-refractivity contribution is 6.05. The Bertz CT molecular complexity index is 1250. The number of nitrogens with zero attached hydrogens (tertiary/aromatic N) is 5. The van der Waals surface area contributed by atoms with Gasteiger partial charge < -0.3 is 14.7 Å². The predicted octanol–water partition coefficient (Wildman–Crippen LogP) is 3.17. The number of ether oxygens (including phenoxy) is 1. The number of anilines is 2. The molecule has 0 radical (unpaired) electrons. The van der Waals surface area contributed by atoms with Gasteiger partial charge in [-0.1, -0.05) is 0 Å². The minimum absolute atomic E-state index is 0.215. The molecule has 0 fully saturated rings. The van der Waals surface area contributed by atoms with Crippen molar-refractivity contribution in [2.75, 3.05) is 24.4 Å². The third-order valence-corrected chi connectivity index (χ3v) is 4.67. The van der Waals surface area contributed by atoms with Crippen LogP contribution in [0.5, 0.6) is 5.88 Å². The molecular formula is C21H18N6O4. The number of carbonyl (C=O) groups is 2. The zero-order valence-electron chi connectivity index (χ0n) is 16.7. The molecule has 4 aromatic rings. The van der Waals surface area contributed by atoms with Crippen molar-refractivity contribution in [1.82, 2.24) is 19.4 Å². The molecule has 4 aromatic heterocycles. The van der Waals surface area contributed by atoms with Gasteiger partial charge in [-0.3, -0.25) is 14.5 Å². The van der Waals surface area contributed by atoms with Crippen LogP contribution in [-0.4, -0.2) is 50.6 Å². The third-order valence-electron chi connectivity index (χ3n) is 4.67. The average molecular weight is 418 g/mol. The lowest BCUT2D eigenvalue weighted by Gasteiger charge is -2.17. The Kier molecular flexibility index (Phi) is 5.19. The van der Waals surface area contributed by atoms with Crippen molar-refractivity contribution in [3.8, 4) is 17.1 Å². The number of fused-ring (bicyclic) bond motifs is 1. The van der Waals surface area contributed by atoms with E-state index >= 15 is 0 Å². The molecule has 0 saturated heterocycles. The average Bonchev–Trinajstić information content (AvgIpc) is 3.21. The number of amides is 2. The minimum Gasteiger partial charge on any atom is -0.481 e. The molecule has 0 aliphatic heterocycles. The minimum atomic E-state index is -1.19. The lowest BCUT2D eigenvalue weighted by Crippen LogP contribution is -2.26. The summed E-state index contributed by atoms with van der Waals surface area (Å²) in [6.07, 6.45) is 5.29. The van der Waals surface area contributed by atoms with Crippen LogP contribution in [0.1, 0.15) is 10.4 Å². The Balaban J connectivity index is 1.64. The van der Waals surface area contributed by atoms with Crippen molar-refractivity contribution >= 4 is 29.2 Å². The van der Waals surface area contributed by atoms with Gasteiger partial charge in [0, 0.05) is 31.1 Å². The molecule has 10 heteroatoms. The van der Waals surface area contributed by atoms with Crippen molar-refractivity contribution < 1.29 is 19.4 Å². The van der Waals surface area contributed by atoms with Gasteiger partial charge in [0.05, 0.1) is 36.4 Å². The molecule has 31 heavy (non-hydrogen) atoms. The fourth-order valence-electron chi connectivity index (χ4n) is 3.05. The van der Waals surface area contributed by atoms with Gasteiger partial charge in [-0.2, -0.15) is 0 Å². The first-order chi connectivity index (χ1) is 15.0. The zero-order chi connectivity index (χ0) is 22.0. The van der Waals surface area contributed by atoms with Crippen molar-refractivity contribution in [3.05, 3.63) is 66.7 Å². The number of methoxy groups -OCH3 is 1. The van der Waals surface area contributed by atoms with Gasteiger partial charge in [-0.05, 0) is 30.3 Å². The monoisotopic (exact) mass is 418 g/mol. The highest BCUT2D eigenvalue weighted by Gasteiger charge is 2.16. The van der Waals surface area contributed by atoms with Gasteiger partial charge in [0.15, 0.2) is 0 Å². The van der Waals surface area contributed by atoms with Crippen LogP contribution in [0.2, 0.25) is 0 Å². The smallest absolute Gasteiger partial charge is 0.410 e. The maximum atomic E-state index is 13.0. The third kappa shape index (κ3) is 3.99. The van der Waals surface area contributed by atoms with Gasteiger partial charge in [0.25, 0.3) is 5.91 Å². The molecule has 2 N–H and O–H groups in total. The van der Waals surface area contributed by atoms with Crippen molar-refractivity contribution in [3.63, 3.8) is 0 Å². The molecule has 0 aromatic carbocycles. The highest BCUT2D eigenvalue weighted by atomic mass is 16.5. The standard InChI is InChI=1S/C21H18N6O4/c1-26(15-5-8-19(31-2)24-10-15)20(28)14-4-7-18-23-11-16(27(18)12-14)13-3-6-17(22-9-13)25-21(29)30/h3-12H,1-2H3,(H,22,25)(H,29,30). The molecular weight excluding hydrogens is 400 g/mol. The molecule has 156 valence electrons. The number of carbonyl (C=O) groups excluding carboxylic acids is 1. The summed E-state index contributed by atoms with van der Waals surface area (Å²) in [4.78, 5) is 37.8. The summed E-state index contributed by atoms with van der Waals surface area (Å²) in [5, 5.41) is 11.0. The number of rotatable bonds is 5. The number of hydrogen-bond donors (Lipinski definition) is 2. The molecule has 0 saturated carbocycles. The first kappa shape index (κ1) is 19.8. The normalized spacial score (nSPS) is 10.6. The number of hydrogen-bond acceptors (Lipinski definition) is 6. The Labute approximate surface area is 176 Å². The largest absolute Gasteiger partial charge is 0.481 e. The second-order valence-corrected chi connectivity index (χ2v) is 6.57. The second-order valence-electron chi connectivity index (χ2n) is 6.57. The van der Waals surface area contributed by atoms with Crippen LogP contribution >= 0.6 is 0 Å².